The van der Waals surface area contributed by atoms with E-state index in [9.17, 15) is 4.79 Å². The molecule has 0 aliphatic carbocycles. The summed E-state index contributed by atoms with van der Waals surface area (Å²) in [5, 5.41) is 3.97. The average molecular weight is 314 g/mol. The van der Waals surface area contributed by atoms with Crippen LogP contribution in [0, 0.1) is 6.92 Å². The number of hydrogen-bond acceptors (Lipinski definition) is 4. The third kappa shape index (κ3) is 3.09. The zero-order valence-electron chi connectivity index (χ0n) is 11.7. The number of benzene rings is 2. The van der Waals surface area contributed by atoms with Gasteiger partial charge < -0.3 is 5.32 Å². The highest BCUT2D eigenvalue weighted by atomic mass is 32.2. The van der Waals surface area contributed by atoms with Gasteiger partial charge in [-0.05, 0) is 49.6 Å². The highest BCUT2D eigenvalue weighted by Gasteiger charge is 2.08. The van der Waals surface area contributed by atoms with Crippen LogP contribution in [0.25, 0.3) is 10.2 Å². The topological polar surface area (TPSA) is 42.0 Å². The molecule has 0 unspecified atom stereocenters. The average Bonchev–Trinajstić information content (AvgIpc) is 2.86. The SMILES string of the molecule is CSc1cccc(C(=O)Nc2ccc3nc(C)sc3c2)c1. The zero-order chi connectivity index (χ0) is 14.8. The maximum Gasteiger partial charge on any atom is 0.255 e. The first-order valence-electron chi connectivity index (χ1n) is 6.48. The van der Waals surface area contributed by atoms with Crippen molar-refractivity contribution in [3.05, 3.63) is 53.0 Å². The third-order valence-corrected chi connectivity index (χ3v) is 4.74. The molecule has 0 saturated heterocycles. The van der Waals surface area contributed by atoms with Gasteiger partial charge in [-0.1, -0.05) is 6.07 Å². The molecule has 1 N–H and O–H groups in total. The summed E-state index contributed by atoms with van der Waals surface area (Å²) in [6.07, 6.45) is 2.00. The zero-order valence-corrected chi connectivity index (χ0v) is 13.3. The largest absolute Gasteiger partial charge is 0.322 e. The number of aromatic nitrogens is 1. The second-order valence-electron chi connectivity index (χ2n) is 4.60. The lowest BCUT2D eigenvalue weighted by Gasteiger charge is -2.06. The Kier molecular flexibility index (Phi) is 3.94. The Morgan fingerprint density at radius 2 is 2.10 bits per heavy atom. The van der Waals surface area contributed by atoms with Crippen LogP contribution in [0.2, 0.25) is 0 Å². The number of carbonyl (C=O) groups is 1. The third-order valence-electron chi connectivity index (χ3n) is 3.09. The molecule has 2 aromatic carbocycles. The first-order chi connectivity index (χ1) is 10.2. The van der Waals surface area contributed by atoms with Crippen molar-refractivity contribution in [2.45, 2.75) is 11.8 Å². The molecule has 106 valence electrons. The molecule has 3 rings (SSSR count). The molecule has 1 heterocycles. The quantitative estimate of drug-likeness (QED) is 0.720. The van der Waals surface area contributed by atoms with Crippen molar-refractivity contribution in [1.82, 2.24) is 4.98 Å². The minimum absolute atomic E-state index is 0.0912. The molecule has 0 atom stereocenters. The molecule has 0 aliphatic heterocycles. The number of rotatable bonds is 3. The fourth-order valence-corrected chi connectivity index (χ4v) is 3.41. The Bertz CT molecular complexity index is 811. The molecule has 0 bridgehead atoms. The van der Waals surface area contributed by atoms with Gasteiger partial charge in [0.1, 0.15) is 0 Å². The van der Waals surface area contributed by atoms with Crippen molar-refractivity contribution in [2.24, 2.45) is 0 Å². The van der Waals surface area contributed by atoms with Gasteiger partial charge in [0.2, 0.25) is 0 Å². The minimum Gasteiger partial charge on any atom is -0.322 e. The van der Waals surface area contributed by atoms with Crippen molar-refractivity contribution in [3.8, 4) is 0 Å². The Balaban J connectivity index is 1.84. The van der Waals surface area contributed by atoms with E-state index in [0.717, 1.165) is 25.8 Å². The van der Waals surface area contributed by atoms with E-state index in [1.807, 2.05) is 55.6 Å². The number of thiazole rings is 1. The smallest absolute Gasteiger partial charge is 0.255 e. The van der Waals surface area contributed by atoms with Gasteiger partial charge in [0.15, 0.2) is 0 Å². The molecule has 0 saturated carbocycles. The number of fused-ring (bicyclic) bond motifs is 1. The molecule has 3 nitrogen and oxygen atoms in total. The summed E-state index contributed by atoms with van der Waals surface area (Å²) in [5.74, 6) is -0.0912. The summed E-state index contributed by atoms with van der Waals surface area (Å²) in [6, 6.07) is 13.4. The van der Waals surface area contributed by atoms with Gasteiger partial charge in [-0.15, -0.1) is 23.1 Å². The molecule has 1 aromatic heterocycles. The van der Waals surface area contributed by atoms with Crippen LogP contribution in [-0.2, 0) is 0 Å². The molecule has 3 aromatic rings. The molecule has 1 amide bonds. The summed E-state index contributed by atoms with van der Waals surface area (Å²) < 4.78 is 1.09. The summed E-state index contributed by atoms with van der Waals surface area (Å²) in [5.41, 5.74) is 2.44. The van der Waals surface area contributed by atoms with Crippen LogP contribution >= 0.6 is 23.1 Å². The van der Waals surface area contributed by atoms with Crippen molar-refractivity contribution < 1.29 is 4.79 Å². The second kappa shape index (κ2) is 5.87. The number of nitrogens with one attached hydrogen (secondary N) is 1. The van der Waals surface area contributed by atoms with Crippen LogP contribution < -0.4 is 5.32 Å². The van der Waals surface area contributed by atoms with Crippen LogP contribution in [0.4, 0.5) is 5.69 Å². The molecule has 21 heavy (non-hydrogen) atoms. The van der Waals surface area contributed by atoms with Gasteiger partial charge >= 0.3 is 0 Å². The predicted molar refractivity (Wildman–Crippen MR) is 90.5 cm³/mol. The molecular weight excluding hydrogens is 300 g/mol. The van der Waals surface area contributed by atoms with Crippen LogP contribution in [-0.4, -0.2) is 17.1 Å². The van der Waals surface area contributed by atoms with Gasteiger partial charge in [-0.2, -0.15) is 0 Å². The van der Waals surface area contributed by atoms with Gasteiger partial charge in [0.25, 0.3) is 5.91 Å². The Morgan fingerprint density at radius 3 is 2.90 bits per heavy atom. The molecule has 0 aliphatic rings. The van der Waals surface area contributed by atoms with Gasteiger partial charge in [0.05, 0.1) is 15.2 Å². The van der Waals surface area contributed by atoms with Gasteiger partial charge in [-0.3, -0.25) is 4.79 Å². The normalized spacial score (nSPS) is 10.8. The molecule has 0 fully saturated rings. The fourth-order valence-electron chi connectivity index (χ4n) is 2.09. The monoisotopic (exact) mass is 314 g/mol. The standard InChI is InChI=1S/C16H14N2OS2/c1-10-17-14-7-6-12(9-15(14)21-10)18-16(19)11-4-3-5-13(8-11)20-2/h3-9H,1-2H3,(H,18,19). The predicted octanol–water partition coefficient (Wildman–Crippen LogP) is 4.58. The maximum absolute atomic E-state index is 12.3. The van der Waals surface area contributed by atoms with E-state index in [1.165, 1.54) is 0 Å². The van der Waals surface area contributed by atoms with E-state index >= 15 is 0 Å². The van der Waals surface area contributed by atoms with Crippen LogP contribution in [0.3, 0.4) is 0 Å². The van der Waals surface area contributed by atoms with Crippen LogP contribution in [0.1, 0.15) is 15.4 Å². The van der Waals surface area contributed by atoms with Crippen molar-refractivity contribution >= 4 is 44.9 Å². The first-order valence-corrected chi connectivity index (χ1v) is 8.52. The van der Waals surface area contributed by atoms with Gasteiger partial charge in [0, 0.05) is 16.1 Å². The van der Waals surface area contributed by atoms with E-state index in [2.05, 4.69) is 10.3 Å². The Morgan fingerprint density at radius 1 is 1.24 bits per heavy atom. The van der Waals surface area contributed by atoms with E-state index < -0.39 is 0 Å². The highest BCUT2D eigenvalue weighted by molar-refractivity contribution is 7.98. The lowest BCUT2D eigenvalue weighted by atomic mass is 10.2. The number of nitrogens with zero attached hydrogens (tertiary/aromatic N) is 1. The molecule has 0 radical (unpaired) electrons. The maximum atomic E-state index is 12.3. The Hall–Kier alpha value is -1.85. The number of hydrogen-bond donors (Lipinski definition) is 1. The number of carbonyl (C=O) groups excluding carboxylic acids is 1. The van der Waals surface area contributed by atoms with Crippen LogP contribution in [0.5, 0.6) is 0 Å². The highest BCUT2D eigenvalue weighted by Crippen LogP contribution is 2.25. The number of amides is 1. The summed E-state index contributed by atoms with van der Waals surface area (Å²) in [6.45, 7) is 1.98. The van der Waals surface area contributed by atoms with E-state index in [1.54, 1.807) is 23.1 Å². The van der Waals surface area contributed by atoms with Crippen molar-refractivity contribution in [1.29, 1.82) is 0 Å². The lowest BCUT2D eigenvalue weighted by molar-refractivity contribution is 0.102. The van der Waals surface area contributed by atoms with Crippen molar-refractivity contribution in [3.63, 3.8) is 0 Å². The fraction of sp³-hybridized carbons (Fsp3) is 0.125. The minimum atomic E-state index is -0.0912. The lowest BCUT2D eigenvalue weighted by Crippen LogP contribution is -2.11. The number of aryl methyl sites for hydroxylation is 1. The molecule has 0 spiro atoms. The summed E-state index contributed by atoms with van der Waals surface area (Å²) >= 11 is 3.25. The van der Waals surface area contributed by atoms with Gasteiger partial charge in [-0.25, -0.2) is 4.98 Å². The first kappa shape index (κ1) is 14.1. The number of thioether (sulfide) groups is 1. The van der Waals surface area contributed by atoms with E-state index in [-0.39, 0.29) is 5.91 Å². The second-order valence-corrected chi connectivity index (χ2v) is 6.72. The van der Waals surface area contributed by atoms with E-state index in [0.29, 0.717) is 5.56 Å². The van der Waals surface area contributed by atoms with Crippen LogP contribution in [0.15, 0.2) is 47.4 Å². The van der Waals surface area contributed by atoms with Crippen molar-refractivity contribution in [2.75, 3.05) is 11.6 Å². The molecule has 5 heteroatoms. The number of anilines is 1. The Labute approximate surface area is 131 Å². The molecular formula is C16H14N2OS2. The summed E-state index contributed by atoms with van der Waals surface area (Å²) in [4.78, 5) is 17.8. The summed E-state index contributed by atoms with van der Waals surface area (Å²) in [7, 11) is 0. The van der Waals surface area contributed by atoms with E-state index in [4.69, 9.17) is 0 Å².